The van der Waals surface area contributed by atoms with Crippen LogP contribution < -0.4 is 4.90 Å². The standard InChI is InChI=1S/C16H16BrN3O2S2/c1-9-8-12(24-13(9)11-6-4-3-5-7-11)20(15(17)18)16(19)23-10(2)14(21)22/h3-8,10,18-19H,1-2H3,(H,21,22). The van der Waals surface area contributed by atoms with Crippen LogP contribution in [0.1, 0.15) is 12.5 Å². The number of aliphatic carboxylic acids is 1. The molecule has 0 aliphatic heterocycles. The fraction of sp³-hybridized carbons (Fsp3) is 0.188. The van der Waals surface area contributed by atoms with Gasteiger partial charge in [-0.3, -0.25) is 20.5 Å². The Kier molecular flexibility index (Phi) is 6.20. The lowest BCUT2D eigenvalue weighted by atomic mass is 10.1. The molecule has 0 amide bonds. The Morgan fingerprint density at radius 2 is 1.96 bits per heavy atom. The zero-order valence-electron chi connectivity index (χ0n) is 13.0. The van der Waals surface area contributed by atoms with Crippen LogP contribution in [0.25, 0.3) is 10.4 Å². The van der Waals surface area contributed by atoms with Crippen molar-refractivity contribution in [3.05, 3.63) is 42.0 Å². The van der Waals surface area contributed by atoms with E-state index in [0.29, 0.717) is 5.00 Å². The second-order valence-electron chi connectivity index (χ2n) is 4.99. The van der Waals surface area contributed by atoms with Gasteiger partial charge >= 0.3 is 5.97 Å². The number of hydrogen-bond donors (Lipinski definition) is 3. The number of nitrogens with zero attached hydrogens (tertiary/aromatic N) is 1. The summed E-state index contributed by atoms with van der Waals surface area (Å²) in [5, 5.41) is 25.0. The van der Waals surface area contributed by atoms with Gasteiger partial charge in [0.25, 0.3) is 0 Å². The molecule has 2 rings (SSSR count). The summed E-state index contributed by atoms with van der Waals surface area (Å²) in [6.45, 7) is 3.50. The van der Waals surface area contributed by atoms with Gasteiger partial charge in [0, 0.05) is 4.88 Å². The predicted molar refractivity (Wildman–Crippen MR) is 106 cm³/mol. The van der Waals surface area contributed by atoms with Gasteiger partial charge in [-0.25, -0.2) is 0 Å². The van der Waals surface area contributed by atoms with Gasteiger partial charge in [0.05, 0.1) is 0 Å². The van der Waals surface area contributed by atoms with Gasteiger partial charge in [-0.1, -0.05) is 42.1 Å². The molecule has 0 aliphatic carbocycles. The zero-order valence-corrected chi connectivity index (χ0v) is 16.3. The van der Waals surface area contributed by atoms with Crippen LogP contribution in [-0.4, -0.2) is 26.2 Å². The summed E-state index contributed by atoms with van der Waals surface area (Å²) in [4.78, 5) is 13.5. The first-order valence-corrected chi connectivity index (χ1v) is 9.48. The number of hydrogen-bond acceptors (Lipinski definition) is 5. The number of benzene rings is 1. The Hall–Kier alpha value is -1.64. The van der Waals surface area contributed by atoms with E-state index in [1.807, 2.05) is 43.3 Å². The lowest BCUT2D eigenvalue weighted by Crippen LogP contribution is -2.32. The highest BCUT2D eigenvalue weighted by Gasteiger charge is 2.24. The molecule has 0 saturated heterocycles. The maximum Gasteiger partial charge on any atom is 0.316 e. The smallest absolute Gasteiger partial charge is 0.316 e. The number of thiophene rings is 1. The third kappa shape index (κ3) is 4.25. The molecule has 5 nitrogen and oxygen atoms in total. The first-order valence-electron chi connectivity index (χ1n) is 6.99. The Labute approximate surface area is 156 Å². The summed E-state index contributed by atoms with van der Waals surface area (Å²) < 4.78 is -0.00143. The molecule has 0 saturated carbocycles. The Morgan fingerprint density at radius 3 is 2.50 bits per heavy atom. The molecule has 1 aromatic heterocycles. The monoisotopic (exact) mass is 425 g/mol. The Morgan fingerprint density at radius 1 is 1.33 bits per heavy atom. The van der Waals surface area contributed by atoms with Gasteiger partial charge in [0.15, 0.2) is 9.91 Å². The SMILES string of the molecule is Cc1cc(N(C(=N)Br)C(=N)SC(C)C(=O)O)sc1-c1ccccc1. The molecule has 2 aromatic rings. The van der Waals surface area contributed by atoms with E-state index in [1.54, 1.807) is 0 Å². The molecule has 0 radical (unpaired) electrons. The molecular formula is C16H16BrN3O2S2. The average Bonchev–Trinajstić information content (AvgIpc) is 2.89. The first kappa shape index (κ1) is 18.7. The largest absolute Gasteiger partial charge is 0.480 e. The number of anilines is 1. The molecule has 1 atom stereocenters. The fourth-order valence-electron chi connectivity index (χ4n) is 2.01. The van der Waals surface area contributed by atoms with E-state index < -0.39 is 11.2 Å². The summed E-state index contributed by atoms with van der Waals surface area (Å²) in [5.41, 5.74) is 2.12. The number of nitrogens with one attached hydrogen (secondary N) is 2. The second kappa shape index (κ2) is 7.96. The average molecular weight is 426 g/mol. The highest BCUT2D eigenvalue weighted by molar-refractivity contribution is 9.18. The summed E-state index contributed by atoms with van der Waals surface area (Å²) in [6.07, 6.45) is 0. The molecule has 126 valence electrons. The number of halogens is 1. The number of carbonyl (C=O) groups is 1. The number of amidine groups is 2. The van der Waals surface area contributed by atoms with Gasteiger partial charge in [0.2, 0.25) is 0 Å². The van der Waals surface area contributed by atoms with Gasteiger partial charge in [-0.05, 0) is 47.0 Å². The molecule has 1 heterocycles. The van der Waals surface area contributed by atoms with Crippen LogP contribution >= 0.6 is 39.0 Å². The normalized spacial score (nSPS) is 11.8. The predicted octanol–water partition coefficient (Wildman–Crippen LogP) is 5.00. The quantitative estimate of drug-likeness (QED) is 0.365. The van der Waals surface area contributed by atoms with E-state index in [4.69, 9.17) is 15.9 Å². The molecule has 24 heavy (non-hydrogen) atoms. The summed E-state index contributed by atoms with van der Waals surface area (Å²) in [6, 6.07) is 11.8. The summed E-state index contributed by atoms with van der Waals surface area (Å²) in [7, 11) is 0. The van der Waals surface area contributed by atoms with E-state index in [-0.39, 0.29) is 9.91 Å². The van der Waals surface area contributed by atoms with E-state index in [1.165, 1.54) is 23.2 Å². The molecular weight excluding hydrogens is 410 g/mol. The van der Waals surface area contributed by atoms with Crippen LogP contribution in [0.5, 0.6) is 0 Å². The minimum absolute atomic E-state index is 0.00143. The molecule has 1 unspecified atom stereocenters. The first-order chi connectivity index (χ1) is 11.3. The molecule has 3 N–H and O–H groups in total. The highest BCUT2D eigenvalue weighted by atomic mass is 79.9. The van der Waals surface area contributed by atoms with Crippen molar-refractivity contribution in [1.29, 1.82) is 10.8 Å². The minimum Gasteiger partial charge on any atom is -0.480 e. The van der Waals surface area contributed by atoms with Gasteiger partial charge in [-0.15, -0.1) is 11.3 Å². The number of carboxylic acids is 1. The third-order valence-electron chi connectivity index (χ3n) is 3.20. The third-order valence-corrected chi connectivity index (χ3v) is 5.78. The van der Waals surface area contributed by atoms with Crippen molar-refractivity contribution < 1.29 is 9.90 Å². The zero-order chi connectivity index (χ0) is 17.9. The van der Waals surface area contributed by atoms with E-state index in [9.17, 15) is 4.79 Å². The van der Waals surface area contributed by atoms with Crippen LogP contribution in [0, 0.1) is 17.7 Å². The van der Waals surface area contributed by atoms with Crippen LogP contribution in [0.2, 0.25) is 0 Å². The van der Waals surface area contributed by atoms with Crippen molar-refractivity contribution in [3.63, 3.8) is 0 Å². The van der Waals surface area contributed by atoms with Crippen molar-refractivity contribution in [1.82, 2.24) is 0 Å². The number of rotatable bonds is 4. The van der Waals surface area contributed by atoms with Gasteiger partial charge < -0.3 is 5.11 Å². The van der Waals surface area contributed by atoms with E-state index in [2.05, 4.69) is 15.9 Å². The number of aryl methyl sites for hydroxylation is 1. The number of thioether (sulfide) groups is 1. The van der Waals surface area contributed by atoms with Gasteiger partial charge in [-0.2, -0.15) is 0 Å². The fourth-order valence-corrected chi connectivity index (χ4v) is 4.59. The molecule has 0 aliphatic rings. The maximum absolute atomic E-state index is 11.0. The Balaban J connectivity index is 2.34. The molecule has 0 fully saturated rings. The summed E-state index contributed by atoms with van der Waals surface area (Å²) >= 11 is 5.47. The maximum atomic E-state index is 11.0. The van der Waals surface area contributed by atoms with Crippen molar-refractivity contribution in [2.75, 3.05) is 4.90 Å². The molecule has 0 bridgehead atoms. The van der Waals surface area contributed by atoms with Crippen LogP contribution in [0.15, 0.2) is 36.4 Å². The molecule has 8 heteroatoms. The summed E-state index contributed by atoms with van der Waals surface area (Å²) in [5.74, 6) is -0.988. The molecule has 1 aromatic carbocycles. The van der Waals surface area contributed by atoms with Crippen molar-refractivity contribution in [2.24, 2.45) is 0 Å². The Bertz CT molecular complexity index is 777. The van der Waals surface area contributed by atoms with Crippen molar-refractivity contribution >= 4 is 59.9 Å². The highest BCUT2D eigenvalue weighted by Crippen LogP contribution is 2.39. The van der Waals surface area contributed by atoms with E-state index >= 15 is 0 Å². The number of carboxylic acid groups (broad SMARTS) is 1. The van der Waals surface area contributed by atoms with Crippen molar-refractivity contribution in [2.45, 2.75) is 19.1 Å². The lowest BCUT2D eigenvalue weighted by Gasteiger charge is -2.21. The van der Waals surface area contributed by atoms with Crippen molar-refractivity contribution in [3.8, 4) is 10.4 Å². The van der Waals surface area contributed by atoms with Crippen LogP contribution in [0.3, 0.4) is 0 Å². The lowest BCUT2D eigenvalue weighted by molar-refractivity contribution is -0.136. The van der Waals surface area contributed by atoms with Crippen LogP contribution in [0.4, 0.5) is 5.00 Å². The minimum atomic E-state index is -0.988. The van der Waals surface area contributed by atoms with Crippen LogP contribution in [-0.2, 0) is 4.79 Å². The molecule has 0 spiro atoms. The van der Waals surface area contributed by atoms with Gasteiger partial charge in [0.1, 0.15) is 10.3 Å². The second-order valence-corrected chi connectivity index (χ2v) is 8.10. The van der Waals surface area contributed by atoms with E-state index in [0.717, 1.165) is 27.8 Å². The topological polar surface area (TPSA) is 88.2 Å².